The second kappa shape index (κ2) is 6.69. The number of aliphatic hydroxyl groups excluding tert-OH is 1. The highest BCUT2D eigenvalue weighted by atomic mass is 32.1. The molecule has 0 atom stereocenters. The molecule has 0 unspecified atom stereocenters. The van der Waals surface area contributed by atoms with Crippen molar-refractivity contribution in [3.05, 3.63) is 49.8 Å². The number of hydrogen-bond donors (Lipinski definition) is 3. The molecular formula is C13H11N3O4S. The lowest BCUT2D eigenvalue weighted by molar-refractivity contribution is -0.389. The lowest BCUT2D eigenvalue weighted by Crippen LogP contribution is -2.23. The summed E-state index contributed by atoms with van der Waals surface area (Å²) < 4.78 is 0. The van der Waals surface area contributed by atoms with E-state index in [2.05, 4.69) is 22.1 Å². The number of nitrogens with one attached hydrogen (secondary N) is 2. The first kappa shape index (κ1) is 14.8. The van der Waals surface area contributed by atoms with Crippen molar-refractivity contribution in [2.75, 3.05) is 6.61 Å². The van der Waals surface area contributed by atoms with Gasteiger partial charge in [-0.3, -0.25) is 4.79 Å². The molecule has 2 aromatic rings. The minimum absolute atomic E-state index is 0.126. The van der Waals surface area contributed by atoms with Crippen molar-refractivity contribution in [1.82, 2.24) is 10.3 Å². The van der Waals surface area contributed by atoms with Crippen molar-refractivity contribution in [2.45, 2.75) is 6.54 Å². The second-order valence-corrected chi connectivity index (χ2v) is 4.92. The summed E-state index contributed by atoms with van der Waals surface area (Å²) in [5, 5.41) is 23.7. The number of H-pyrrole nitrogens is 1. The molecule has 0 aliphatic carbocycles. The fourth-order valence-electron chi connectivity index (χ4n) is 1.60. The van der Waals surface area contributed by atoms with E-state index < -0.39 is 10.8 Å². The van der Waals surface area contributed by atoms with Crippen molar-refractivity contribution < 1.29 is 14.8 Å². The predicted octanol–water partition coefficient (Wildman–Crippen LogP) is 1.26. The first-order valence-corrected chi connectivity index (χ1v) is 6.77. The van der Waals surface area contributed by atoms with Crippen LogP contribution in [0.5, 0.6) is 0 Å². The van der Waals surface area contributed by atoms with Gasteiger partial charge in [-0.1, -0.05) is 11.8 Å². The minimum atomic E-state index is -0.599. The fourth-order valence-corrected chi connectivity index (χ4v) is 2.37. The van der Waals surface area contributed by atoms with Crippen LogP contribution < -0.4 is 5.32 Å². The summed E-state index contributed by atoms with van der Waals surface area (Å²) in [6, 6.07) is 4.39. The molecule has 0 aliphatic heterocycles. The van der Waals surface area contributed by atoms with Gasteiger partial charge in [0.15, 0.2) is 5.69 Å². The van der Waals surface area contributed by atoms with Crippen LogP contribution in [0.1, 0.15) is 20.9 Å². The Morgan fingerprint density at radius 2 is 2.29 bits per heavy atom. The SMILES string of the molecule is O=C(NCc1sccc1C#CCO)c1ccc([N+](=O)[O-])[nH]1. The molecule has 0 bridgehead atoms. The van der Waals surface area contributed by atoms with Gasteiger partial charge >= 0.3 is 5.82 Å². The average Bonchev–Trinajstić information content (AvgIpc) is 3.11. The van der Waals surface area contributed by atoms with Gasteiger partial charge in [-0.25, -0.2) is 4.98 Å². The molecule has 108 valence electrons. The van der Waals surface area contributed by atoms with Gasteiger partial charge in [0.2, 0.25) is 0 Å². The van der Waals surface area contributed by atoms with Crippen LogP contribution in [-0.2, 0) is 6.54 Å². The third-order valence-electron chi connectivity index (χ3n) is 2.57. The van der Waals surface area contributed by atoms with E-state index >= 15 is 0 Å². The maximum atomic E-state index is 11.9. The number of carbonyl (C=O) groups excluding carboxylic acids is 1. The van der Waals surface area contributed by atoms with Crippen LogP contribution in [0.3, 0.4) is 0 Å². The highest BCUT2D eigenvalue weighted by Gasteiger charge is 2.15. The van der Waals surface area contributed by atoms with Gasteiger partial charge < -0.3 is 20.5 Å². The lowest BCUT2D eigenvalue weighted by atomic mass is 10.2. The van der Waals surface area contributed by atoms with Gasteiger partial charge in [0, 0.05) is 16.5 Å². The lowest BCUT2D eigenvalue weighted by Gasteiger charge is -2.01. The smallest absolute Gasteiger partial charge is 0.321 e. The molecule has 7 nitrogen and oxygen atoms in total. The van der Waals surface area contributed by atoms with Gasteiger partial charge in [-0.05, 0) is 22.4 Å². The van der Waals surface area contributed by atoms with E-state index in [9.17, 15) is 14.9 Å². The summed E-state index contributed by atoms with van der Waals surface area (Å²) in [5.41, 5.74) is 0.869. The molecule has 2 heterocycles. The monoisotopic (exact) mass is 305 g/mol. The summed E-state index contributed by atoms with van der Waals surface area (Å²) >= 11 is 1.43. The molecule has 0 fully saturated rings. The third kappa shape index (κ3) is 3.68. The number of hydrogen-bond acceptors (Lipinski definition) is 5. The Morgan fingerprint density at radius 1 is 1.48 bits per heavy atom. The number of aliphatic hydroxyl groups is 1. The van der Waals surface area contributed by atoms with E-state index in [-0.39, 0.29) is 24.7 Å². The van der Waals surface area contributed by atoms with Crippen LogP contribution in [0.2, 0.25) is 0 Å². The Balaban J connectivity index is 2.01. The molecule has 2 rings (SSSR count). The van der Waals surface area contributed by atoms with E-state index in [0.29, 0.717) is 0 Å². The van der Waals surface area contributed by atoms with Gasteiger partial charge in [0.1, 0.15) is 6.61 Å². The topological polar surface area (TPSA) is 108 Å². The summed E-state index contributed by atoms with van der Waals surface area (Å²) in [5.74, 6) is 4.67. The number of carbonyl (C=O) groups is 1. The largest absolute Gasteiger partial charge is 0.384 e. The van der Waals surface area contributed by atoms with Gasteiger partial charge in [-0.15, -0.1) is 11.3 Å². The first-order valence-electron chi connectivity index (χ1n) is 5.89. The van der Waals surface area contributed by atoms with Crippen LogP contribution in [0.15, 0.2) is 23.6 Å². The Kier molecular flexibility index (Phi) is 4.71. The normalized spacial score (nSPS) is 9.76. The van der Waals surface area contributed by atoms with Crippen molar-refractivity contribution in [2.24, 2.45) is 0 Å². The highest BCUT2D eigenvalue weighted by molar-refractivity contribution is 7.10. The minimum Gasteiger partial charge on any atom is -0.384 e. The van der Waals surface area contributed by atoms with Gasteiger partial charge in [0.05, 0.1) is 6.54 Å². The fraction of sp³-hybridized carbons (Fsp3) is 0.154. The van der Waals surface area contributed by atoms with Crippen molar-refractivity contribution in [3.63, 3.8) is 0 Å². The van der Waals surface area contributed by atoms with Crippen molar-refractivity contribution >= 4 is 23.1 Å². The zero-order chi connectivity index (χ0) is 15.2. The molecule has 0 radical (unpaired) electrons. The number of amides is 1. The van der Waals surface area contributed by atoms with Gasteiger partial charge in [-0.2, -0.15) is 0 Å². The average molecular weight is 305 g/mol. The molecule has 3 N–H and O–H groups in total. The predicted molar refractivity (Wildman–Crippen MR) is 76.9 cm³/mol. The summed E-state index contributed by atoms with van der Waals surface area (Å²) in [6.45, 7) is 0.0343. The first-order chi connectivity index (χ1) is 10.1. The summed E-state index contributed by atoms with van der Waals surface area (Å²) in [6.07, 6.45) is 0. The Hall–Kier alpha value is -2.63. The Labute approximate surface area is 123 Å². The van der Waals surface area contributed by atoms with Crippen LogP contribution in [0.25, 0.3) is 0 Å². The third-order valence-corrected chi connectivity index (χ3v) is 3.49. The van der Waals surface area contributed by atoms with E-state index in [4.69, 9.17) is 5.11 Å². The van der Waals surface area contributed by atoms with Crippen LogP contribution in [-0.4, -0.2) is 27.5 Å². The number of thiophene rings is 1. The molecular weight excluding hydrogens is 294 g/mol. The van der Waals surface area contributed by atoms with Gasteiger partial charge in [0.25, 0.3) is 5.91 Å². The molecule has 0 saturated heterocycles. The number of aromatic amines is 1. The summed E-state index contributed by atoms with van der Waals surface area (Å²) in [4.78, 5) is 25.1. The quantitative estimate of drug-likeness (QED) is 0.449. The van der Waals surface area contributed by atoms with Crippen molar-refractivity contribution in [1.29, 1.82) is 0 Å². The number of rotatable bonds is 4. The molecule has 0 saturated carbocycles. The number of nitrogens with zero attached hydrogens (tertiary/aromatic N) is 1. The Morgan fingerprint density at radius 3 is 2.95 bits per heavy atom. The van der Waals surface area contributed by atoms with Crippen LogP contribution in [0.4, 0.5) is 5.82 Å². The van der Waals surface area contributed by atoms with E-state index in [0.717, 1.165) is 10.4 Å². The van der Waals surface area contributed by atoms with E-state index in [1.54, 1.807) is 6.07 Å². The maximum Gasteiger partial charge on any atom is 0.321 e. The van der Waals surface area contributed by atoms with Crippen LogP contribution in [0, 0.1) is 22.0 Å². The summed E-state index contributed by atoms with van der Waals surface area (Å²) in [7, 11) is 0. The molecule has 0 aromatic carbocycles. The Bertz CT molecular complexity index is 723. The molecule has 1 amide bonds. The zero-order valence-corrected chi connectivity index (χ0v) is 11.6. The second-order valence-electron chi connectivity index (χ2n) is 3.91. The molecule has 0 spiro atoms. The van der Waals surface area contributed by atoms with E-state index in [1.807, 2.05) is 5.38 Å². The van der Waals surface area contributed by atoms with Crippen LogP contribution >= 0.6 is 11.3 Å². The zero-order valence-electron chi connectivity index (χ0n) is 10.8. The highest BCUT2D eigenvalue weighted by Crippen LogP contribution is 2.16. The molecule has 8 heteroatoms. The number of nitro groups is 1. The number of aromatic nitrogens is 1. The molecule has 2 aromatic heterocycles. The standard InChI is InChI=1S/C13H11N3O4S/c17-6-1-2-9-5-7-21-11(9)8-14-13(18)10-3-4-12(15-10)16(19)20/h3-5,7,15,17H,6,8H2,(H,14,18). The van der Waals surface area contributed by atoms with Crippen molar-refractivity contribution in [3.8, 4) is 11.8 Å². The molecule has 0 aliphatic rings. The van der Waals surface area contributed by atoms with E-state index in [1.165, 1.54) is 23.5 Å². The maximum absolute atomic E-state index is 11.9. The molecule has 21 heavy (non-hydrogen) atoms.